The van der Waals surface area contributed by atoms with Gasteiger partial charge in [0.25, 0.3) is 0 Å². The molecule has 1 saturated carbocycles. The normalized spacial score (nSPS) is 26.4. The molecule has 1 aliphatic carbocycles. The smallest absolute Gasteiger partial charge is 0.115 e. The van der Waals surface area contributed by atoms with E-state index in [2.05, 4.69) is 22.2 Å². The van der Waals surface area contributed by atoms with Crippen LogP contribution in [0.5, 0.6) is 0 Å². The zero-order valence-corrected chi connectivity index (χ0v) is 8.61. The van der Waals surface area contributed by atoms with Gasteiger partial charge >= 0.3 is 0 Å². The highest BCUT2D eigenvalue weighted by molar-refractivity contribution is 5.38. The maximum absolute atomic E-state index is 3.99. The second kappa shape index (κ2) is 4.40. The molecular formula is C11H17N3. The van der Waals surface area contributed by atoms with Gasteiger partial charge in [0, 0.05) is 6.04 Å². The van der Waals surface area contributed by atoms with Gasteiger partial charge in [0.05, 0.1) is 18.1 Å². The highest BCUT2D eigenvalue weighted by Crippen LogP contribution is 2.29. The van der Waals surface area contributed by atoms with Gasteiger partial charge in [-0.15, -0.1) is 0 Å². The van der Waals surface area contributed by atoms with E-state index in [1.807, 2.05) is 12.4 Å². The van der Waals surface area contributed by atoms with Crippen molar-refractivity contribution < 1.29 is 0 Å². The monoisotopic (exact) mass is 191 g/mol. The van der Waals surface area contributed by atoms with Gasteiger partial charge in [-0.2, -0.15) is 0 Å². The van der Waals surface area contributed by atoms with E-state index in [4.69, 9.17) is 0 Å². The molecule has 1 aromatic heterocycles. The van der Waals surface area contributed by atoms with Crippen molar-refractivity contribution in [3.63, 3.8) is 0 Å². The molecule has 1 heterocycles. The molecule has 76 valence electrons. The fourth-order valence-corrected chi connectivity index (χ4v) is 2.19. The molecule has 0 aliphatic heterocycles. The average molecular weight is 191 g/mol. The Morgan fingerprint density at radius 2 is 2.14 bits per heavy atom. The standard InChI is InChI=1S/C11H17N3/c1-2-9-3-4-10(5-9)14-11-6-12-8-13-7-11/h6-10,14H,2-5H2,1H3. The van der Waals surface area contributed by atoms with E-state index < -0.39 is 0 Å². The summed E-state index contributed by atoms with van der Waals surface area (Å²) in [5.74, 6) is 0.914. The largest absolute Gasteiger partial charge is 0.380 e. The minimum Gasteiger partial charge on any atom is -0.380 e. The first kappa shape index (κ1) is 9.44. The topological polar surface area (TPSA) is 37.8 Å². The molecule has 1 N–H and O–H groups in total. The number of aromatic nitrogens is 2. The summed E-state index contributed by atoms with van der Waals surface area (Å²) in [6.45, 7) is 2.28. The van der Waals surface area contributed by atoms with E-state index >= 15 is 0 Å². The molecule has 3 nitrogen and oxygen atoms in total. The molecule has 0 radical (unpaired) electrons. The van der Waals surface area contributed by atoms with Crippen molar-refractivity contribution in [2.24, 2.45) is 5.92 Å². The Balaban J connectivity index is 1.88. The third-order valence-electron chi connectivity index (χ3n) is 3.05. The first-order valence-electron chi connectivity index (χ1n) is 5.40. The zero-order chi connectivity index (χ0) is 9.80. The lowest BCUT2D eigenvalue weighted by atomic mass is 10.1. The van der Waals surface area contributed by atoms with Crippen LogP contribution >= 0.6 is 0 Å². The molecule has 1 aromatic rings. The Labute approximate surface area is 85.0 Å². The van der Waals surface area contributed by atoms with Crippen LogP contribution in [0.2, 0.25) is 0 Å². The molecule has 0 spiro atoms. The second-order valence-electron chi connectivity index (χ2n) is 4.06. The Kier molecular flexibility index (Phi) is 2.96. The highest BCUT2D eigenvalue weighted by atomic mass is 15.0. The zero-order valence-electron chi connectivity index (χ0n) is 8.61. The van der Waals surface area contributed by atoms with Crippen LogP contribution in [-0.2, 0) is 0 Å². The molecule has 14 heavy (non-hydrogen) atoms. The van der Waals surface area contributed by atoms with E-state index in [0.717, 1.165) is 11.6 Å². The van der Waals surface area contributed by atoms with Crippen molar-refractivity contribution in [2.45, 2.75) is 38.6 Å². The molecule has 2 unspecified atom stereocenters. The van der Waals surface area contributed by atoms with Crippen molar-refractivity contribution >= 4 is 5.69 Å². The molecule has 2 atom stereocenters. The number of nitrogens with zero attached hydrogens (tertiary/aromatic N) is 2. The minimum absolute atomic E-state index is 0.631. The Hall–Kier alpha value is -1.12. The van der Waals surface area contributed by atoms with Gasteiger partial charge < -0.3 is 5.32 Å². The average Bonchev–Trinajstić information content (AvgIpc) is 2.67. The van der Waals surface area contributed by atoms with Crippen LogP contribution < -0.4 is 5.32 Å². The molecule has 1 aliphatic rings. The molecule has 0 amide bonds. The summed E-state index contributed by atoms with van der Waals surface area (Å²) >= 11 is 0. The van der Waals surface area contributed by atoms with Gasteiger partial charge in [-0.25, -0.2) is 9.97 Å². The predicted octanol–water partition coefficient (Wildman–Crippen LogP) is 2.47. The number of nitrogens with one attached hydrogen (secondary N) is 1. The summed E-state index contributed by atoms with van der Waals surface area (Å²) < 4.78 is 0. The maximum Gasteiger partial charge on any atom is 0.115 e. The molecule has 3 heteroatoms. The van der Waals surface area contributed by atoms with Crippen LogP contribution in [0, 0.1) is 5.92 Å². The highest BCUT2D eigenvalue weighted by Gasteiger charge is 2.22. The number of hydrogen-bond donors (Lipinski definition) is 1. The summed E-state index contributed by atoms with van der Waals surface area (Å²) in [5, 5.41) is 3.48. The van der Waals surface area contributed by atoms with Crippen LogP contribution in [0.1, 0.15) is 32.6 Å². The van der Waals surface area contributed by atoms with Gasteiger partial charge in [0.15, 0.2) is 0 Å². The van der Waals surface area contributed by atoms with Crippen molar-refractivity contribution in [1.29, 1.82) is 0 Å². The summed E-state index contributed by atoms with van der Waals surface area (Å²) in [5.41, 5.74) is 1.05. The van der Waals surface area contributed by atoms with Crippen LogP contribution in [-0.4, -0.2) is 16.0 Å². The Morgan fingerprint density at radius 1 is 1.36 bits per heavy atom. The fourth-order valence-electron chi connectivity index (χ4n) is 2.19. The molecular weight excluding hydrogens is 174 g/mol. The van der Waals surface area contributed by atoms with Crippen molar-refractivity contribution in [2.75, 3.05) is 5.32 Å². The first-order chi connectivity index (χ1) is 6.88. The molecule has 0 bridgehead atoms. The van der Waals surface area contributed by atoms with Gasteiger partial charge in [0.1, 0.15) is 6.33 Å². The third-order valence-corrected chi connectivity index (χ3v) is 3.05. The SMILES string of the molecule is CCC1CCC(Nc2cncnc2)C1. The lowest BCUT2D eigenvalue weighted by Crippen LogP contribution is -2.15. The van der Waals surface area contributed by atoms with Gasteiger partial charge in [0.2, 0.25) is 0 Å². The quantitative estimate of drug-likeness (QED) is 0.797. The van der Waals surface area contributed by atoms with Crippen LogP contribution in [0.4, 0.5) is 5.69 Å². The van der Waals surface area contributed by atoms with Crippen molar-refractivity contribution in [3.8, 4) is 0 Å². The molecule has 1 fully saturated rings. The van der Waals surface area contributed by atoms with E-state index in [-0.39, 0.29) is 0 Å². The summed E-state index contributed by atoms with van der Waals surface area (Å²) in [4.78, 5) is 7.98. The van der Waals surface area contributed by atoms with Crippen molar-refractivity contribution in [1.82, 2.24) is 9.97 Å². The summed E-state index contributed by atoms with van der Waals surface area (Å²) in [6.07, 6.45) is 10.5. The first-order valence-corrected chi connectivity index (χ1v) is 5.40. The maximum atomic E-state index is 3.99. The molecule has 2 rings (SSSR count). The number of anilines is 1. The Morgan fingerprint density at radius 3 is 2.79 bits per heavy atom. The van der Waals surface area contributed by atoms with E-state index in [1.54, 1.807) is 6.33 Å². The lowest BCUT2D eigenvalue weighted by Gasteiger charge is -2.13. The fraction of sp³-hybridized carbons (Fsp3) is 0.636. The van der Waals surface area contributed by atoms with E-state index in [1.165, 1.54) is 25.7 Å². The van der Waals surface area contributed by atoms with Gasteiger partial charge in [-0.1, -0.05) is 13.3 Å². The van der Waals surface area contributed by atoms with Gasteiger partial charge in [-0.05, 0) is 25.2 Å². The minimum atomic E-state index is 0.631. The molecule has 0 aromatic carbocycles. The van der Waals surface area contributed by atoms with Crippen molar-refractivity contribution in [3.05, 3.63) is 18.7 Å². The van der Waals surface area contributed by atoms with E-state index in [9.17, 15) is 0 Å². The number of rotatable bonds is 3. The second-order valence-corrected chi connectivity index (χ2v) is 4.06. The third kappa shape index (κ3) is 2.22. The van der Waals surface area contributed by atoms with Gasteiger partial charge in [-0.3, -0.25) is 0 Å². The van der Waals surface area contributed by atoms with E-state index in [0.29, 0.717) is 6.04 Å². The van der Waals surface area contributed by atoms with Crippen LogP contribution in [0.3, 0.4) is 0 Å². The van der Waals surface area contributed by atoms with Crippen LogP contribution in [0.15, 0.2) is 18.7 Å². The predicted molar refractivity (Wildman–Crippen MR) is 57.1 cm³/mol. The summed E-state index contributed by atoms with van der Waals surface area (Å²) in [6, 6.07) is 0.631. The summed E-state index contributed by atoms with van der Waals surface area (Å²) in [7, 11) is 0. The lowest BCUT2D eigenvalue weighted by molar-refractivity contribution is 0.525. The Bertz CT molecular complexity index is 273. The molecule has 0 saturated heterocycles. The van der Waals surface area contributed by atoms with Crippen LogP contribution in [0.25, 0.3) is 0 Å². The number of hydrogen-bond acceptors (Lipinski definition) is 3.